The highest BCUT2D eigenvalue weighted by Crippen LogP contribution is 2.27. The second-order valence-electron chi connectivity index (χ2n) is 4.54. The average Bonchev–Trinajstić information content (AvgIpc) is 2.42. The summed E-state index contributed by atoms with van der Waals surface area (Å²) >= 11 is 8.35. The van der Waals surface area contributed by atoms with Gasteiger partial charge in [0, 0.05) is 9.26 Å². The molecule has 1 aromatic carbocycles. The van der Waals surface area contributed by atoms with Crippen LogP contribution in [-0.4, -0.2) is 16.1 Å². The van der Waals surface area contributed by atoms with Crippen molar-refractivity contribution in [2.75, 3.05) is 5.32 Å². The van der Waals surface area contributed by atoms with Crippen molar-refractivity contribution in [1.82, 2.24) is 4.98 Å². The van der Waals surface area contributed by atoms with E-state index in [4.69, 9.17) is 11.6 Å². The lowest BCUT2D eigenvalue weighted by Gasteiger charge is -2.10. The summed E-state index contributed by atoms with van der Waals surface area (Å²) in [4.78, 5) is 15.6. The maximum absolute atomic E-state index is 11.2. The zero-order valence-electron chi connectivity index (χ0n) is 11.4. The molecule has 0 aliphatic rings. The Bertz CT molecular complexity index is 677. The third-order valence-electron chi connectivity index (χ3n) is 2.83. The molecule has 0 spiro atoms. The van der Waals surface area contributed by atoms with Crippen LogP contribution in [0.1, 0.15) is 29.4 Å². The van der Waals surface area contributed by atoms with Gasteiger partial charge < -0.3 is 10.4 Å². The molecule has 2 N–H and O–H groups in total. The number of carbonyl (C=O) groups is 1. The first-order valence-corrected chi connectivity index (χ1v) is 7.91. The Morgan fingerprint density at radius 3 is 2.76 bits per heavy atom. The van der Waals surface area contributed by atoms with Crippen molar-refractivity contribution in [3.8, 4) is 0 Å². The minimum Gasteiger partial charge on any atom is -0.478 e. The fraction of sp³-hybridized carbons (Fsp3) is 0.200. The summed E-state index contributed by atoms with van der Waals surface area (Å²) in [6.07, 6.45) is 1.63. The number of halogens is 2. The maximum atomic E-state index is 11.2. The molecule has 0 fully saturated rings. The lowest BCUT2D eigenvalue weighted by molar-refractivity contribution is 0.0696. The minimum atomic E-state index is -0.966. The van der Waals surface area contributed by atoms with Gasteiger partial charge in [-0.25, -0.2) is 9.78 Å². The van der Waals surface area contributed by atoms with Crippen LogP contribution in [0, 0.1) is 3.57 Å². The molecule has 0 saturated heterocycles. The van der Waals surface area contributed by atoms with Gasteiger partial charge in [0.05, 0.1) is 16.3 Å². The predicted molar refractivity (Wildman–Crippen MR) is 92.6 cm³/mol. The van der Waals surface area contributed by atoms with Crippen LogP contribution in [0.3, 0.4) is 0 Å². The van der Waals surface area contributed by atoms with Crippen LogP contribution >= 0.6 is 34.2 Å². The summed E-state index contributed by atoms with van der Waals surface area (Å²) in [6, 6.07) is 8.71. The highest BCUT2D eigenvalue weighted by Gasteiger charge is 2.10. The molecule has 4 nitrogen and oxygen atoms in total. The third kappa shape index (κ3) is 4.31. The Morgan fingerprint density at radius 2 is 2.14 bits per heavy atom. The second-order valence-corrected chi connectivity index (χ2v) is 6.19. The van der Waals surface area contributed by atoms with Gasteiger partial charge in [-0.2, -0.15) is 0 Å². The van der Waals surface area contributed by atoms with Crippen molar-refractivity contribution in [3.63, 3.8) is 0 Å². The number of carboxylic acid groups (broad SMARTS) is 1. The number of aromatic nitrogens is 1. The Kier molecular flexibility index (Phi) is 5.41. The van der Waals surface area contributed by atoms with Gasteiger partial charge in [0.2, 0.25) is 0 Å². The molecule has 21 heavy (non-hydrogen) atoms. The average molecular weight is 417 g/mol. The second kappa shape index (κ2) is 7.09. The van der Waals surface area contributed by atoms with Crippen LogP contribution < -0.4 is 5.32 Å². The molecule has 110 valence electrons. The summed E-state index contributed by atoms with van der Waals surface area (Å²) in [5.74, 6) is -0.479. The molecule has 2 aromatic rings. The molecule has 0 aliphatic heterocycles. The molecule has 2 rings (SSSR count). The molecular weight excluding hydrogens is 403 g/mol. The third-order valence-corrected chi connectivity index (χ3v) is 3.81. The van der Waals surface area contributed by atoms with Gasteiger partial charge in [-0.15, -0.1) is 0 Å². The van der Waals surface area contributed by atoms with E-state index in [1.54, 1.807) is 6.07 Å². The molecule has 0 atom stereocenters. The Hall–Kier alpha value is -1.34. The quantitative estimate of drug-likeness (QED) is 0.692. The summed E-state index contributed by atoms with van der Waals surface area (Å²) in [7, 11) is 0. The number of benzene rings is 1. The van der Waals surface area contributed by atoms with Crippen LogP contribution in [0.25, 0.3) is 0 Å². The van der Waals surface area contributed by atoms with Crippen molar-refractivity contribution in [2.45, 2.75) is 19.8 Å². The van der Waals surface area contributed by atoms with E-state index in [1.807, 2.05) is 25.1 Å². The van der Waals surface area contributed by atoms with Crippen molar-refractivity contribution in [2.24, 2.45) is 0 Å². The predicted octanol–water partition coefficient (Wildman–Crippen LogP) is 4.73. The number of rotatable bonds is 5. The molecule has 0 amide bonds. The monoisotopic (exact) mass is 416 g/mol. The first-order valence-electron chi connectivity index (χ1n) is 6.46. The van der Waals surface area contributed by atoms with E-state index in [1.165, 1.54) is 6.07 Å². The SMILES string of the molecule is CCCc1cc(C(=O)O)cc(Nc2ccc(I)cc2Cl)n1. The summed E-state index contributed by atoms with van der Waals surface area (Å²) in [6.45, 7) is 2.03. The number of hydrogen-bond acceptors (Lipinski definition) is 3. The molecule has 6 heteroatoms. The van der Waals surface area contributed by atoms with E-state index in [0.29, 0.717) is 16.5 Å². The highest BCUT2D eigenvalue weighted by atomic mass is 127. The van der Waals surface area contributed by atoms with Crippen LogP contribution in [0.15, 0.2) is 30.3 Å². The van der Waals surface area contributed by atoms with Gasteiger partial charge in [0.1, 0.15) is 5.82 Å². The number of nitrogens with zero attached hydrogens (tertiary/aromatic N) is 1. The molecule has 0 aliphatic carbocycles. The van der Waals surface area contributed by atoms with Crippen molar-refractivity contribution >= 4 is 51.7 Å². The lowest BCUT2D eigenvalue weighted by Crippen LogP contribution is -2.04. The van der Waals surface area contributed by atoms with E-state index in [2.05, 4.69) is 32.9 Å². The number of carboxylic acids is 1. The standard InChI is InChI=1S/C15H14ClIN2O2/c1-2-3-11-6-9(15(20)21)7-14(18-11)19-13-5-4-10(17)8-12(13)16/h4-8H,2-3H2,1H3,(H,18,19)(H,20,21). The maximum Gasteiger partial charge on any atom is 0.335 e. The van der Waals surface area contributed by atoms with Gasteiger partial charge in [-0.05, 0) is 59.3 Å². The molecule has 1 heterocycles. The van der Waals surface area contributed by atoms with Crippen LogP contribution in [0.5, 0.6) is 0 Å². The van der Waals surface area contributed by atoms with Gasteiger partial charge in [-0.3, -0.25) is 0 Å². The van der Waals surface area contributed by atoms with E-state index in [0.717, 1.165) is 22.1 Å². The zero-order chi connectivity index (χ0) is 15.4. The molecule has 0 radical (unpaired) electrons. The van der Waals surface area contributed by atoms with E-state index in [9.17, 15) is 9.90 Å². The molecule has 1 aromatic heterocycles. The molecule has 0 unspecified atom stereocenters. The van der Waals surface area contributed by atoms with Gasteiger partial charge in [-0.1, -0.05) is 24.9 Å². The van der Waals surface area contributed by atoms with E-state index >= 15 is 0 Å². The normalized spacial score (nSPS) is 10.4. The number of nitrogens with one attached hydrogen (secondary N) is 1. The topological polar surface area (TPSA) is 62.2 Å². The largest absolute Gasteiger partial charge is 0.478 e. The van der Waals surface area contributed by atoms with Gasteiger partial charge in [0.25, 0.3) is 0 Å². The van der Waals surface area contributed by atoms with Crippen molar-refractivity contribution in [1.29, 1.82) is 0 Å². The first-order chi connectivity index (χ1) is 9.99. The van der Waals surface area contributed by atoms with E-state index in [-0.39, 0.29) is 5.56 Å². The number of pyridine rings is 1. The number of hydrogen-bond donors (Lipinski definition) is 2. The fourth-order valence-electron chi connectivity index (χ4n) is 1.89. The number of anilines is 2. The molecule has 0 bridgehead atoms. The Balaban J connectivity index is 2.36. The Morgan fingerprint density at radius 1 is 1.38 bits per heavy atom. The van der Waals surface area contributed by atoms with Crippen LogP contribution in [0.4, 0.5) is 11.5 Å². The van der Waals surface area contributed by atoms with Crippen LogP contribution in [-0.2, 0) is 6.42 Å². The zero-order valence-corrected chi connectivity index (χ0v) is 14.3. The van der Waals surface area contributed by atoms with Gasteiger partial charge >= 0.3 is 5.97 Å². The lowest BCUT2D eigenvalue weighted by atomic mass is 10.1. The van der Waals surface area contributed by atoms with Gasteiger partial charge in [0.15, 0.2) is 0 Å². The highest BCUT2D eigenvalue weighted by molar-refractivity contribution is 14.1. The van der Waals surface area contributed by atoms with Crippen molar-refractivity contribution < 1.29 is 9.90 Å². The minimum absolute atomic E-state index is 0.220. The fourth-order valence-corrected chi connectivity index (χ4v) is 2.79. The summed E-state index contributed by atoms with van der Waals surface area (Å²) in [5, 5.41) is 12.8. The summed E-state index contributed by atoms with van der Waals surface area (Å²) < 4.78 is 1.03. The smallest absolute Gasteiger partial charge is 0.335 e. The first kappa shape index (κ1) is 16.0. The van der Waals surface area contributed by atoms with E-state index < -0.39 is 5.97 Å². The Labute approximate surface area is 141 Å². The number of aryl methyl sites for hydroxylation is 1. The molecular formula is C15H14ClIN2O2. The molecule has 0 saturated carbocycles. The summed E-state index contributed by atoms with van der Waals surface area (Å²) in [5.41, 5.74) is 1.67. The van der Waals surface area contributed by atoms with Crippen LogP contribution in [0.2, 0.25) is 5.02 Å². The number of aromatic carboxylic acids is 1. The van der Waals surface area contributed by atoms with Crippen molar-refractivity contribution in [3.05, 3.63) is 50.2 Å².